The van der Waals surface area contributed by atoms with Crippen LogP contribution in [0.25, 0.3) is 0 Å². The van der Waals surface area contributed by atoms with E-state index in [0.29, 0.717) is 45.4 Å². The Bertz CT molecular complexity index is 918. The lowest BCUT2D eigenvalue weighted by molar-refractivity contribution is -0.126. The van der Waals surface area contributed by atoms with Gasteiger partial charge in [0.05, 0.1) is 17.7 Å². The van der Waals surface area contributed by atoms with Gasteiger partial charge in [-0.3, -0.25) is 19.5 Å². The van der Waals surface area contributed by atoms with Gasteiger partial charge in [-0.15, -0.1) is 0 Å². The molecule has 2 fully saturated rings. The molecule has 2 aliphatic heterocycles. The Kier molecular flexibility index (Phi) is 6.58. The topological polar surface area (TPSA) is 85.8 Å². The highest BCUT2D eigenvalue weighted by Crippen LogP contribution is 2.27. The molecule has 4 rings (SSSR count). The maximum absolute atomic E-state index is 14.0. The van der Waals surface area contributed by atoms with Crippen LogP contribution < -0.4 is 5.32 Å². The van der Waals surface area contributed by atoms with Crippen molar-refractivity contribution in [1.82, 2.24) is 20.1 Å². The molecule has 7 nitrogen and oxygen atoms in total. The number of aromatic nitrogens is 1. The van der Waals surface area contributed by atoms with Crippen LogP contribution in [0.2, 0.25) is 0 Å². The molecule has 2 aromatic rings. The molecule has 164 valence electrons. The van der Waals surface area contributed by atoms with Crippen molar-refractivity contribution in [1.29, 1.82) is 0 Å². The number of halogens is 1. The fourth-order valence-electron chi connectivity index (χ4n) is 4.51. The third-order valence-electron chi connectivity index (χ3n) is 6.13. The lowest BCUT2D eigenvalue weighted by atomic mass is 10.0. The second kappa shape index (κ2) is 9.53. The number of pyridine rings is 1. The fraction of sp³-hybridized carbons (Fsp3) is 0.435. The Balaban J connectivity index is 1.35. The lowest BCUT2D eigenvalue weighted by Crippen LogP contribution is -2.52. The van der Waals surface area contributed by atoms with Gasteiger partial charge in [0.15, 0.2) is 0 Å². The van der Waals surface area contributed by atoms with E-state index in [4.69, 9.17) is 0 Å². The SMILES string of the molecule is O=C(NCc1cccnc1)[C@@H]1C[C@@H](O)CN1C1CCN(C(=O)c2ccccc2F)CC1. The van der Waals surface area contributed by atoms with E-state index in [1.165, 1.54) is 12.1 Å². The molecule has 0 radical (unpaired) electrons. The summed E-state index contributed by atoms with van der Waals surface area (Å²) < 4.78 is 14.0. The van der Waals surface area contributed by atoms with Gasteiger partial charge < -0.3 is 15.3 Å². The number of piperidine rings is 1. The molecule has 31 heavy (non-hydrogen) atoms. The molecule has 2 amide bonds. The summed E-state index contributed by atoms with van der Waals surface area (Å²) in [6.07, 6.45) is 4.60. The maximum Gasteiger partial charge on any atom is 0.256 e. The highest BCUT2D eigenvalue weighted by atomic mass is 19.1. The van der Waals surface area contributed by atoms with E-state index in [0.717, 1.165) is 5.56 Å². The summed E-state index contributed by atoms with van der Waals surface area (Å²) in [5.41, 5.74) is 1.01. The molecule has 1 aromatic heterocycles. The largest absolute Gasteiger partial charge is 0.392 e. The van der Waals surface area contributed by atoms with Gasteiger partial charge in [-0.25, -0.2) is 4.39 Å². The van der Waals surface area contributed by atoms with E-state index >= 15 is 0 Å². The molecular formula is C23H27FN4O3. The number of aliphatic hydroxyl groups is 1. The third kappa shape index (κ3) is 4.91. The van der Waals surface area contributed by atoms with Crippen LogP contribution in [0.4, 0.5) is 4.39 Å². The standard InChI is InChI=1S/C23H27FN4O3/c24-20-6-2-1-5-19(20)23(31)27-10-7-17(8-11-27)28-15-18(29)12-21(28)22(30)26-14-16-4-3-9-25-13-16/h1-6,9,13,17-18,21,29H,7-8,10-12,14-15H2,(H,26,30)/t18-,21+/m1/s1. The second-order valence-electron chi connectivity index (χ2n) is 8.18. The molecule has 1 aromatic carbocycles. The Morgan fingerprint density at radius 3 is 2.65 bits per heavy atom. The van der Waals surface area contributed by atoms with E-state index in [9.17, 15) is 19.1 Å². The van der Waals surface area contributed by atoms with Crippen molar-refractivity contribution in [2.75, 3.05) is 19.6 Å². The van der Waals surface area contributed by atoms with E-state index < -0.39 is 18.0 Å². The minimum Gasteiger partial charge on any atom is -0.392 e. The quantitative estimate of drug-likeness (QED) is 0.758. The second-order valence-corrected chi connectivity index (χ2v) is 8.18. The normalized spacial score (nSPS) is 22.5. The van der Waals surface area contributed by atoms with Gasteiger partial charge in [0.1, 0.15) is 5.82 Å². The van der Waals surface area contributed by atoms with Crippen LogP contribution in [0.1, 0.15) is 35.2 Å². The van der Waals surface area contributed by atoms with Gasteiger partial charge in [0.2, 0.25) is 5.91 Å². The van der Waals surface area contributed by atoms with Crippen LogP contribution in [0, 0.1) is 5.82 Å². The molecule has 8 heteroatoms. The monoisotopic (exact) mass is 426 g/mol. The zero-order chi connectivity index (χ0) is 21.8. The summed E-state index contributed by atoms with van der Waals surface area (Å²) in [7, 11) is 0. The zero-order valence-electron chi connectivity index (χ0n) is 17.3. The van der Waals surface area contributed by atoms with Crippen LogP contribution in [0.15, 0.2) is 48.8 Å². The molecule has 2 aliphatic rings. The Morgan fingerprint density at radius 2 is 1.94 bits per heavy atom. The lowest BCUT2D eigenvalue weighted by Gasteiger charge is -2.39. The smallest absolute Gasteiger partial charge is 0.256 e. The first kappa shape index (κ1) is 21.4. The van der Waals surface area contributed by atoms with Gasteiger partial charge in [-0.05, 0) is 43.0 Å². The molecule has 0 saturated carbocycles. The van der Waals surface area contributed by atoms with Crippen molar-refractivity contribution in [3.63, 3.8) is 0 Å². The number of β-amino-alcohol motifs (C(OH)–C–C–N with tert-alkyl or cyclic N) is 1. The minimum absolute atomic E-state index is 0.0881. The zero-order valence-corrected chi connectivity index (χ0v) is 17.3. The van der Waals surface area contributed by atoms with Crippen LogP contribution in [0.3, 0.4) is 0 Å². The van der Waals surface area contributed by atoms with Crippen molar-refractivity contribution < 1.29 is 19.1 Å². The molecule has 0 unspecified atom stereocenters. The molecule has 2 saturated heterocycles. The number of rotatable bonds is 5. The predicted molar refractivity (Wildman–Crippen MR) is 113 cm³/mol. The summed E-state index contributed by atoms with van der Waals surface area (Å²) in [5.74, 6) is -0.920. The van der Waals surface area contributed by atoms with Gasteiger partial charge in [-0.2, -0.15) is 0 Å². The summed E-state index contributed by atoms with van der Waals surface area (Å²) in [6.45, 7) is 1.82. The third-order valence-corrected chi connectivity index (χ3v) is 6.13. The van der Waals surface area contributed by atoms with E-state index in [1.807, 2.05) is 12.1 Å². The number of likely N-dealkylation sites (tertiary alicyclic amines) is 2. The molecule has 0 spiro atoms. The number of carbonyl (C=O) groups excluding carboxylic acids is 2. The molecule has 0 bridgehead atoms. The molecule has 2 N–H and O–H groups in total. The van der Waals surface area contributed by atoms with Gasteiger partial charge >= 0.3 is 0 Å². The van der Waals surface area contributed by atoms with Crippen LogP contribution in [-0.2, 0) is 11.3 Å². The highest BCUT2D eigenvalue weighted by Gasteiger charge is 2.41. The number of nitrogens with one attached hydrogen (secondary N) is 1. The van der Waals surface area contributed by atoms with E-state index in [1.54, 1.807) is 29.4 Å². The number of nitrogens with zero attached hydrogens (tertiary/aromatic N) is 3. The molecule has 0 aliphatic carbocycles. The summed E-state index contributed by atoms with van der Waals surface area (Å²) in [6, 6.07) is 9.44. The highest BCUT2D eigenvalue weighted by molar-refractivity contribution is 5.94. The summed E-state index contributed by atoms with van der Waals surface area (Å²) >= 11 is 0. The number of amides is 2. The van der Waals surface area contributed by atoms with Gasteiger partial charge in [0.25, 0.3) is 5.91 Å². The number of benzene rings is 1. The van der Waals surface area contributed by atoms with Crippen molar-refractivity contribution in [2.45, 2.75) is 44.0 Å². The average Bonchev–Trinajstić information content (AvgIpc) is 3.20. The van der Waals surface area contributed by atoms with Crippen LogP contribution in [0.5, 0.6) is 0 Å². The Morgan fingerprint density at radius 1 is 1.16 bits per heavy atom. The number of hydrogen-bond acceptors (Lipinski definition) is 5. The van der Waals surface area contributed by atoms with Crippen molar-refractivity contribution in [3.8, 4) is 0 Å². The fourth-order valence-corrected chi connectivity index (χ4v) is 4.51. The first-order chi connectivity index (χ1) is 15.0. The summed E-state index contributed by atoms with van der Waals surface area (Å²) in [4.78, 5) is 33.3. The predicted octanol–water partition coefficient (Wildman–Crippen LogP) is 1.58. The minimum atomic E-state index is -0.549. The number of aliphatic hydroxyl groups excluding tert-OH is 1. The van der Waals surface area contributed by atoms with E-state index in [2.05, 4.69) is 15.2 Å². The molecule has 2 atom stereocenters. The average molecular weight is 426 g/mol. The first-order valence-electron chi connectivity index (χ1n) is 10.7. The number of carbonyl (C=O) groups is 2. The Hall–Kier alpha value is -2.84. The maximum atomic E-state index is 14.0. The molecule has 3 heterocycles. The number of hydrogen-bond donors (Lipinski definition) is 2. The van der Waals surface area contributed by atoms with Crippen molar-refractivity contribution in [2.24, 2.45) is 0 Å². The van der Waals surface area contributed by atoms with Crippen LogP contribution >= 0.6 is 0 Å². The van der Waals surface area contributed by atoms with Crippen molar-refractivity contribution in [3.05, 3.63) is 65.7 Å². The first-order valence-corrected chi connectivity index (χ1v) is 10.7. The van der Waals surface area contributed by atoms with Gasteiger partial charge in [-0.1, -0.05) is 18.2 Å². The van der Waals surface area contributed by atoms with Gasteiger partial charge in [0, 0.05) is 44.6 Å². The van der Waals surface area contributed by atoms with Crippen molar-refractivity contribution >= 4 is 11.8 Å². The summed E-state index contributed by atoms with van der Waals surface area (Å²) in [5, 5.41) is 13.2. The Labute approximate surface area is 180 Å². The van der Waals surface area contributed by atoms with E-state index in [-0.39, 0.29) is 23.4 Å². The van der Waals surface area contributed by atoms with Crippen LogP contribution in [-0.4, -0.2) is 69.5 Å². The molecular weight excluding hydrogens is 399 g/mol.